The number of piperazine rings is 1. The number of allylic oxidation sites excluding steroid dienone is 4. The lowest BCUT2D eigenvalue weighted by Gasteiger charge is -2.36. The molecule has 0 aromatic heterocycles. The van der Waals surface area contributed by atoms with E-state index < -0.39 is 15.3 Å². The summed E-state index contributed by atoms with van der Waals surface area (Å²) in [5.41, 5.74) is 2.26. The number of carbonyl (C=O) groups excluding carboxylic acids is 1. The SMILES string of the molecule is CC(=O)N1CCN(c2ccc(CN3C(C)CCCC(CC4=CCCC=C4)S3(=O)=O)c(F)c2)CC1. The van der Waals surface area contributed by atoms with Crippen LogP contribution in [0.5, 0.6) is 0 Å². The molecule has 0 spiro atoms. The Morgan fingerprint density at radius 1 is 1.12 bits per heavy atom. The van der Waals surface area contributed by atoms with Crippen molar-refractivity contribution < 1.29 is 17.6 Å². The van der Waals surface area contributed by atoms with Crippen LogP contribution in [0, 0.1) is 5.82 Å². The highest BCUT2D eigenvalue weighted by Crippen LogP contribution is 2.32. The number of benzene rings is 1. The van der Waals surface area contributed by atoms with E-state index in [9.17, 15) is 13.2 Å². The number of amides is 1. The molecule has 0 radical (unpaired) electrons. The Morgan fingerprint density at radius 3 is 2.53 bits per heavy atom. The molecule has 8 heteroatoms. The zero-order valence-corrected chi connectivity index (χ0v) is 21.1. The average Bonchev–Trinajstić information content (AvgIpc) is 2.92. The van der Waals surface area contributed by atoms with Crippen LogP contribution in [0.15, 0.2) is 42.0 Å². The zero-order chi connectivity index (χ0) is 24.3. The molecule has 2 aliphatic heterocycles. The van der Waals surface area contributed by atoms with Gasteiger partial charge in [0.15, 0.2) is 0 Å². The van der Waals surface area contributed by atoms with Gasteiger partial charge in [-0.15, -0.1) is 0 Å². The monoisotopic (exact) mass is 489 g/mol. The van der Waals surface area contributed by atoms with Gasteiger partial charge in [0.25, 0.3) is 0 Å². The summed E-state index contributed by atoms with van der Waals surface area (Å²) in [7, 11) is -3.57. The second kappa shape index (κ2) is 10.6. The van der Waals surface area contributed by atoms with Crippen molar-refractivity contribution in [2.75, 3.05) is 31.1 Å². The first kappa shape index (κ1) is 24.9. The third kappa shape index (κ3) is 5.54. The van der Waals surface area contributed by atoms with Crippen molar-refractivity contribution in [2.24, 2.45) is 0 Å². The fourth-order valence-corrected chi connectivity index (χ4v) is 7.40. The molecule has 2 unspecified atom stereocenters. The molecule has 1 aromatic rings. The van der Waals surface area contributed by atoms with Crippen LogP contribution in [0.3, 0.4) is 0 Å². The van der Waals surface area contributed by atoms with E-state index in [2.05, 4.69) is 17.1 Å². The summed E-state index contributed by atoms with van der Waals surface area (Å²) in [6, 6.07) is 4.93. The number of hydrogen-bond acceptors (Lipinski definition) is 4. The topological polar surface area (TPSA) is 60.9 Å². The van der Waals surface area contributed by atoms with Crippen LogP contribution in [0.1, 0.15) is 57.9 Å². The third-order valence-corrected chi connectivity index (χ3v) is 9.76. The Kier molecular flexibility index (Phi) is 7.77. The Balaban J connectivity index is 1.49. The van der Waals surface area contributed by atoms with Gasteiger partial charge in [-0.25, -0.2) is 12.8 Å². The number of nitrogens with zero attached hydrogens (tertiary/aromatic N) is 3. The van der Waals surface area contributed by atoms with Crippen LogP contribution < -0.4 is 4.90 Å². The molecular formula is C26H36FN3O3S. The van der Waals surface area contributed by atoms with E-state index >= 15 is 4.39 Å². The first-order valence-corrected chi connectivity index (χ1v) is 13.9. The molecule has 2 saturated heterocycles. The molecule has 0 N–H and O–H groups in total. The molecule has 1 aromatic carbocycles. The molecule has 2 fully saturated rings. The summed E-state index contributed by atoms with van der Waals surface area (Å²) in [6.45, 7) is 6.10. The van der Waals surface area contributed by atoms with Gasteiger partial charge in [-0.2, -0.15) is 4.31 Å². The van der Waals surface area contributed by atoms with Crippen molar-refractivity contribution in [3.8, 4) is 0 Å². The molecule has 34 heavy (non-hydrogen) atoms. The van der Waals surface area contributed by atoms with Crippen molar-refractivity contribution >= 4 is 21.6 Å². The lowest BCUT2D eigenvalue weighted by atomic mass is 10.00. The number of halogens is 1. The minimum atomic E-state index is -3.57. The first-order valence-electron chi connectivity index (χ1n) is 12.4. The molecule has 2 heterocycles. The van der Waals surface area contributed by atoms with Gasteiger partial charge in [0, 0.05) is 56.9 Å². The maximum absolute atomic E-state index is 15.2. The van der Waals surface area contributed by atoms with E-state index in [0.29, 0.717) is 44.6 Å². The molecular weight excluding hydrogens is 453 g/mol. The van der Waals surface area contributed by atoms with Crippen molar-refractivity contribution in [3.63, 3.8) is 0 Å². The third-order valence-electron chi connectivity index (χ3n) is 7.38. The smallest absolute Gasteiger partial charge is 0.219 e. The molecule has 3 aliphatic rings. The molecule has 0 saturated carbocycles. The van der Waals surface area contributed by atoms with Crippen molar-refractivity contribution in [1.29, 1.82) is 0 Å². The first-order chi connectivity index (χ1) is 16.3. The van der Waals surface area contributed by atoms with Crippen LogP contribution in [-0.2, 0) is 21.4 Å². The molecule has 6 nitrogen and oxygen atoms in total. The number of carbonyl (C=O) groups is 1. The predicted molar refractivity (Wildman–Crippen MR) is 134 cm³/mol. The van der Waals surface area contributed by atoms with Crippen molar-refractivity contribution in [2.45, 2.75) is 70.2 Å². The van der Waals surface area contributed by atoms with Gasteiger partial charge in [-0.1, -0.05) is 36.3 Å². The number of anilines is 1. The van der Waals surface area contributed by atoms with E-state index in [1.165, 1.54) is 10.4 Å². The highest BCUT2D eigenvalue weighted by Gasteiger charge is 2.38. The predicted octanol–water partition coefficient (Wildman–Crippen LogP) is 4.23. The van der Waals surface area contributed by atoms with Crippen molar-refractivity contribution in [3.05, 3.63) is 53.4 Å². The van der Waals surface area contributed by atoms with Crippen LogP contribution in [0.2, 0.25) is 0 Å². The molecule has 1 aliphatic carbocycles. The maximum atomic E-state index is 15.2. The van der Waals surface area contributed by atoms with E-state index in [4.69, 9.17) is 0 Å². The van der Waals surface area contributed by atoms with E-state index in [1.807, 2.05) is 19.1 Å². The largest absolute Gasteiger partial charge is 0.368 e. The van der Waals surface area contributed by atoms with Gasteiger partial charge >= 0.3 is 0 Å². The minimum Gasteiger partial charge on any atom is -0.368 e. The lowest BCUT2D eigenvalue weighted by Crippen LogP contribution is -2.48. The summed E-state index contributed by atoms with van der Waals surface area (Å²) >= 11 is 0. The van der Waals surface area contributed by atoms with E-state index in [0.717, 1.165) is 36.9 Å². The van der Waals surface area contributed by atoms with Gasteiger partial charge in [-0.3, -0.25) is 4.79 Å². The summed E-state index contributed by atoms with van der Waals surface area (Å²) in [5.74, 6) is -0.323. The van der Waals surface area contributed by atoms with Crippen LogP contribution in [0.4, 0.5) is 10.1 Å². The van der Waals surface area contributed by atoms with Crippen molar-refractivity contribution in [1.82, 2.24) is 9.21 Å². The summed E-state index contributed by atoms with van der Waals surface area (Å²) in [4.78, 5) is 15.4. The quantitative estimate of drug-likeness (QED) is 0.621. The molecule has 1 amide bonds. The fourth-order valence-electron chi connectivity index (χ4n) is 5.22. The Hall–Kier alpha value is -2.19. The van der Waals surface area contributed by atoms with Gasteiger partial charge in [0.1, 0.15) is 5.82 Å². The number of sulfonamides is 1. The summed E-state index contributed by atoms with van der Waals surface area (Å²) < 4.78 is 44.0. The highest BCUT2D eigenvalue weighted by atomic mass is 32.2. The number of rotatable bonds is 5. The second-order valence-corrected chi connectivity index (χ2v) is 11.9. The minimum absolute atomic E-state index is 0.0547. The van der Waals surface area contributed by atoms with E-state index in [1.54, 1.807) is 17.9 Å². The number of hydrogen-bond donors (Lipinski definition) is 0. The molecule has 2 atom stereocenters. The Bertz CT molecular complexity index is 1060. The van der Waals surface area contributed by atoms with Gasteiger partial charge < -0.3 is 9.80 Å². The normalized spacial score (nSPS) is 25.7. The Labute approximate surface area is 203 Å². The summed E-state index contributed by atoms with van der Waals surface area (Å²) in [5, 5.41) is -0.466. The van der Waals surface area contributed by atoms with Gasteiger partial charge in [-0.05, 0) is 51.2 Å². The second-order valence-electron chi connectivity index (χ2n) is 9.72. The average molecular weight is 490 g/mol. The molecule has 0 bridgehead atoms. The van der Waals surface area contributed by atoms with Gasteiger partial charge in [0.2, 0.25) is 15.9 Å². The highest BCUT2D eigenvalue weighted by molar-refractivity contribution is 7.89. The maximum Gasteiger partial charge on any atom is 0.219 e. The standard InChI is InChI=1S/C26H36FN3O3S/c1-20-7-6-10-25(17-22-8-4-3-5-9-22)34(32,33)30(20)19-23-11-12-24(18-26(23)27)29-15-13-28(14-16-29)21(2)31/h4,8-9,11-12,18,20,25H,3,5-7,10,13-17,19H2,1-2H3. The molecule has 186 valence electrons. The van der Waals surface area contributed by atoms with Gasteiger partial charge in [0.05, 0.1) is 5.25 Å². The van der Waals surface area contributed by atoms with Crippen LogP contribution in [-0.4, -0.2) is 61.0 Å². The lowest BCUT2D eigenvalue weighted by molar-refractivity contribution is -0.129. The van der Waals surface area contributed by atoms with Crippen LogP contribution >= 0.6 is 0 Å². The summed E-state index contributed by atoms with van der Waals surface area (Å²) in [6.07, 6.45) is 11.1. The fraction of sp³-hybridized carbons (Fsp3) is 0.577. The van der Waals surface area contributed by atoms with E-state index in [-0.39, 0.29) is 24.3 Å². The Morgan fingerprint density at radius 2 is 1.88 bits per heavy atom. The molecule has 4 rings (SSSR count). The van der Waals surface area contributed by atoms with Crippen LogP contribution in [0.25, 0.3) is 0 Å². The zero-order valence-electron chi connectivity index (χ0n) is 20.2.